The minimum Gasteiger partial charge on any atom is -0.395 e. The van der Waals surface area contributed by atoms with Gasteiger partial charge in [0.2, 0.25) is 0 Å². The van der Waals surface area contributed by atoms with Gasteiger partial charge in [0.1, 0.15) is 0 Å². The predicted octanol–water partition coefficient (Wildman–Crippen LogP) is 0.936. The number of ether oxygens (including phenoxy) is 1. The van der Waals surface area contributed by atoms with Crippen molar-refractivity contribution >= 4 is 5.69 Å². The molecule has 5 nitrogen and oxygen atoms in total. The van der Waals surface area contributed by atoms with E-state index in [0.29, 0.717) is 13.2 Å². The Morgan fingerprint density at radius 2 is 2.22 bits per heavy atom. The molecule has 0 aliphatic rings. The van der Waals surface area contributed by atoms with Gasteiger partial charge in [-0.1, -0.05) is 6.92 Å². The zero-order valence-electron chi connectivity index (χ0n) is 11.2. The molecule has 0 saturated carbocycles. The molecule has 0 amide bonds. The van der Waals surface area contributed by atoms with Crippen LogP contribution in [0.2, 0.25) is 0 Å². The van der Waals surface area contributed by atoms with Gasteiger partial charge in [-0.15, -0.1) is 0 Å². The summed E-state index contributed by atoms with van der Waals surface area (Å²) in [7, 11) is 1.67. The summed E-state index contributed by atoms with van der Waals surface area (Å²) in [6.45, 7) is 4.08. The number of hydrogen-bond acceptors (Lipinski definition) is 5. The number of aliphatic hydroxyl groups is 1. The lowest BCUT2D eigenvalue weighted by Crippen LogP contribution is -2.30. The zero-order chi connectivity index (χ0) is 13.4. The molecule has 1 atom stereocenters. The topological polar surface area (TPSA) is 71.6 Å². The van der Waals surface area contributed by atoms with Gasteiger partial charge in [-0.2, -0.15) is 0 Å². The van der Waals surface area contributed by atoms with Crippen LogP contribution < -0.4 is 10.6 Å². The van der Waals surface area contributed by atoms with Crippen LogP contribution in [0.25, 0.3) is 0 Å². The molecule has 0 unspecified atom stereocenters. The number of rotatable bonds is 8. The third-order valence-corrected chi connectivity index (χ3v) is 2.89. The summed E-state index contributed by atoms with van der Waals surface area (Å²) in [6.07, 6.45) is 2.67. The van der Waals surface area contributed by atoms with Crippen LogP contribution in [0.15, 0.2) is 18.3 Å². The molecule has 102 valence electrons. The summed E-state index contributed by atoms with van der Waals surface area (Å²) < 4.78 is 5.06. The Hall–Kier alpha value is -1.17. The van der Waals surface area contributed by atoms with Crippen LogP contribution in [0.3, 0.4) is 0 Å². The highest BCUT2D eigenvalue weighted by Gasteiger charge is 2.08. The molecule has 18 heavy (non-hydrogen) atoms. The molecular formula is C13H23N3O2. The number of aromatic nitrogens is 1. The van der Waals surface area contributed by atoms with E-state index in [9.17, 15) is 0 Å². The average molecular weight is 253 g/mol. The Bertz CT molecular complexity index is 330. The molecule has 5 heteroatoms. The standard InChI is InChI=1S/C13H23N3O2/c1-3-12(14)13-5-4-11(10-15-13)16(6-8-17)7-9-18-2/h4-5,10,12,17H,3,6-9,14H2,1-2H3/t12-/m0/s1. The van der Waals surface area contributed by atoms with E-state index in [-0.39, 0.29) is 12.6 Å². The van der Waals surface area contributed by atoms with E-state index in [2.05, 4.69) is 4.98 Å². The van der Waals surface area contributed by atoms with Crippen molar-refractivity contribution in [1.82, 2.24) is 4.98 Å². The van der Waals surface area contributed by atoms with E-state index in [4.69, 9.17) is 15.6 Å². The Morgan fingerprint density at radius 3 is 2.72 bits per heavy atom. The summed E-state index contributed by atoms with van der Waals surface area (Å²) in [6, 6.07) is 3.92. The van der Waals surface area contributed by atoms with Crippen molar-refractivity contribution < 1.29 is 9.84 Å². The number of methoxy groups -OCH3 is 1. The highest BCUT2D eigenvalue weighted by molar-refractivity contribution is 5.44. The molecule has 1 rings (SSSR count). The largest absolute Gasteiger partial charge is 0.395 e. The number of pyridine rings is 1. The molecule has 3 N–H and O–H groups in total. The minimum absolute atomic E-state index is 0.00989. The quantitative estimate of drug-likeness (QED) is 0.721. The maximum absolute atomic E-state index is 9.06. The van der Waals surface area contributed by atoms with Crippen molar-refractivity contribution in [2.75, 3.05) is 38.3 Å². The summed E-state index contributed by atoms with van der Waals surface area (Å²) in [5.41, 5.74) is 7.80. The van der Waals surface area contributed by atoms with Crippen LogP contribution in [0.5, 0.6) is 0 Å². The molecule has 0 aliphatic carbocycles. The molecule has 0 aliphatic heterocycles. The van der Waals surface area contributed by atoms with Gasteiger partial charge >= 0.3 is 0 Å². The normalized spacial score (nSPS) is 12.4. The van der Waals surface area contributed by atoms with Gasteiger partial charge in [0.05, 0.1) is 30.8 Å². The lowest BCUT2D eigenvalue weighted by atomic mass is 10.1. The first-order valence-corrected chi connectivity index (χ1v) is 6.29. The molecule has 1 heterocycles. The van der Waals surface area contributed by atoms with Gasteiger partial charge < -0.3 is 20.5 Å². The summed E-state index contributed by atoms with van der Waals surface area (Å²) >= 11 is 0. The fraction of sp³-hybridized carbons (Fsp3) is 0.615. The van der Waals surface area contributed by atoms with E-state index in [1.807, 2.05) is 24.0 Å². The maximum atomic E-state index is 9.06. The van der Waals surface area contributed by atoms with E-state index in [1.165, 1.54) is 0 Å². The van der Waals surface area contributed by atoms with Crippen molar-refractivity contribution in [2.24, 2.45) is 5.73 Å². The van der Waals surface area contributed by atoms with Crippen molar-refractivity contribution in [3.8, 4) is 0 Å². The van der Waals surface area contributed by atoms with Gasteiger partial charge in [-0.3, -0.25) is 4.98 Å². The van der Waals surface area contributed by atoms with Crippen molar-refractivity contribution in [1.29, 1.82) is 0 Å². The molecular weight excluding hydrogens is 230 g/mol. The Labute approximate surface area is 109 Å². The first kappa shape index (κ1) is 14.9. The van der Waals surface area contributed by atoms with Crippen LogP contribution in [0, 0.1) is 0 Å². The van der Waals surface area contributed by atoms with E-state index in [0.717, 1.165) is 24.3 Å². The molecule has 1 aromatic heterocycles. The molecule has 0 aromatic carbocycles. The molecule has 0 fully saturated rings. The summed E-state index contributed by atoms with van der Waals surface area (Å²) in [5, 5.41) is 9.06. The van der Waals surface area contributed by atoms with E-state index in [1.54, 1.807) is 13.3 Å². The Kier molecular flexibility index (Phi) is 6.64. The van der Waals surface area contributed by atoms with Gasteiger partial charge in [0.25, 0.3) is 0 Å². The van der Waals surface area contributed by atoms with Crippen molar-refractivity contribution in [3.05, 3.63) is 24.0 Å². The second kappa shape index (κ2) is 8.02. The number of aliphatic hydroxyl groups excluding tert-OH is 1. The van der Waals surface area contributed by atoms with Crippen molar-refractivity contribution in [3.63, 3.8) is 0 Å². The molecule has 1 aromatic rings. The Morgan fingerprint density at radius 1 is 1.44 bits per heavy atom. The fourth-order valence-electron chi connectivity index (χ4n) is 1.71. The van der Waals surface area contributed by atoms with Gasteiger partial charge in [0.15, 0.2) is 0 Å². The predicted molar refractivity (Wildman–Crippen MR) is 72.6 cm³/mol. The lowest BCUT2D eigenvalue weighted by molar-refractivity contribution is 0.203. The SMILES string of the molecule is CC[C@H](N)c1ccc(N(CCO)CCOC)cn1. The van der Waals surface area contributed by atoms with E-state index >= 15 is 0 Å². The number of nitrogens with two attached hydrogens (primary N) is 1. The minimum atomic E-state index is -0.00989. The molecule has 0 spiro atoms. The number of anilines is 1. The first-order chi connectivity index (χ1) is 8.72. The second-order valence-corrected chi connectivity index (χ2v) is 4.16. The highest BCUT2D eigenvalue weighted by atomic mass is 16.5. The highest BCUT2D eigenvalue weighted by Crippen LogP contribution is 2.16. The fourth-order valence-corrected chi connectivity index (χ4v) is 1.71. The third kappa shape index (κ3) is 4.25. The van der Waals surface area contributed by atoms with Crippen LogP contribution in [0.1, 0.15) is 25.1 Å². The smallest absolute Gasteiger partial charge is 0.0637 e. The lowest BCUT2D eigenvalue weighted by Gasteiger charge is -2.23. The monoisotopic (exact) mass is 253 g/mol. The Balaban J connectivity index is 2.73. The zero-order valence-corrected chi connectivity index (χ0v) is 11.2. The number of nitrogens with zero attached hydrogens (tertiary/aromatic N) is 2. The van der Waals surface area contributed by atoms with Gasteiger partial charge in [-0.05, 0) is 18.6 Å². The maximum Gasteiger partial charge on any atom is 0.0637 e. The van der Waals surface area contributed by atoms with Crippen LogP contribution in [-0.4, -0.2) is 43.5 Å². The third-order valence-electron chi connectivity index (χ3n) is 2.89. The molecule has 0 radical (unpaired) electrons. The number of hydrogen-bond donors (Lipinski definition) is 2. The first-order valence-electron chi connectivity index (χ1n) is 6.29. The van der Waals surface area contributed by atoms with Crippen molar-refractivity contribution in [2.45, 2.75) is 19.4 Å². The molecule has 0 bridgehead atoms. The van der Waals surface area contributed by atoms with Gasteiger partial charge in [0, 0.05) is 26.2 Å². The summed E-state index contributed by atoms with van der Waals surface area (Å²) in [5.74, 6) is 0. The van der Waals surface area contributed by atoms with Crippen LogP contribution in [-0.2, 0) is 4.74 Å². The second-order valence-electron chi connectivity index (χ2n) is 4.16. The van der Waals surface area contributed by atoms with Crippen LogP contribution in [0.4, 0.5) is 5.69 Å². The average Bonchev–Trinajstić information content (AvgIpc) is 2.43. The molecule has 0 saturated heterocycles. The van der Waals surface area contributed by atoms with Crippen LogP contribution >= 0.6 is 0 Å². The summed E-state index contributed by atoms with van der Waals surface area (Å²) in [4.78, 5) is 6.41. The van der Waals surface area contributed by atoms with Gasteiger partial charge in [-0.25, -0.2) is 0 Å². The van der Waals surface area contributed by atoms with E-state index < -0.39 is 0 Å².